The zero-order chi connectivity index (χ0) is 14.3. The molecule has 1 N–H and O–H groups in total. The van der Waals surface area contributed by atoms with Crippen LogP contribution in [0.2, 0.25) is 0 Å². The summed E-state index contributed by atoms with van der Waals surface area (Å²) in [6, 6.07) is 7.22. The first-order valence-corrected chi connectivity index (χ1v) is 6.32. The summed E-state index contributed by atoms with van der Waals surface area (Å²) in [7, 11) is 0. The van der Waals surface area contributed by atoms with Gasteiger partial charge in [0.1, 0.15) is 5.75 Å². The van der Waals surface area contributed by atoms with Gasteiger partial charge in [-0.05, 0) is 12.1 Å². The molecule has 0 saturated heterocycles. The third-order valence-electron chi connectivity index (χ3n) is 2.76. The van der Waals surface area contributed by atoms with E-state index in [4.69, 9.17) is 4.74 Å². The van der Waals surface area contributed by atoms with Gasteiger partial charge < -0.3 is 10.1 Å². The minimum Gasteiger partial charge on any atom is -0.463 e. The lowest BCUT2D eigenvalue weighted by Gasteiger charge is -2.07. The third kappa shape index (κ3) is 2.03. The Morgan fingerprint density at radius 3 is 2.60 bits per heavy atom. The molecule has 0 amide bonds. The first-order valence-electron chi connectivity index (χ1n) is 5.50. The minimum atomic E-state index is -0.564. The van der Waals surface area contributed by atoms with Crippen LogP contribution in [0, 0.1) is 20.2 Å². The Morgan fingerprint density at radius 1 is 1.15 bits per heavy atom. The van der Waals surface area contributed by atoms with Crippen LogP contribution in [0.25, 0.3) is 0 Å². The molecule has 1 atom stereocenters. The van der Waals surface area contributed by atoms with Gasteiger partial charge in [0.05, 0.1) is 20.4 Å². The number of thiophene rings is 1. The third-order valence-corrected chi connectivity index (χ3v) is 3.84. The Balaban J connectivity index is 1.85. The fourth-order valence-corrected chi connectivity index (χ4v) is 2.66. The second-order valence-corrected chi connectivity index (χ2v) is 5.11. The van der Waals surface area contributed by atoms with Crippen molar-refractivity contribution in [3.63, 3.8) is 0 Å². The molecule has 0 bridgehead atoms. The lowest BCUT2D eigenvalue weighted by atomic mass is 10.2. The molecule has 2 aromatic rings. The van der Waals surface area contributed by atoms with E-state index in [1.54, 1.807) is 6.07 Å². The molecule has 2 heterocycles. The van der Waals surface area contributed by atoms with Crippen molar-refractivity contribution in [2.24, 2.45) is 0 Å². The summed E-state index contributed by atoms with van der Waals surface area (Å²) in [5.74, 6) is 0.483. The molecule has 3 rings (SSSR count). The maximum absolute atomic E-state index is 10.7. The number of ether oxygens (including phenoxy) is 1. The van der Waals surface area contributed by atoms with Crippen LogP contribution in [0.3, 0.4) is 0 Å². The molecular formula is C11H7N3O5S. The van der Waals surface area contributed by atoms with Crippen LogP contribution in [0.15, 0.2) is 30.3 Å². The van der Waals surface area contributed by atoms with Crippen molar-refractivity contribution in [3.05, 3.63) is 55.4 Å². The molecule has 0 aliphatic carbocycles. The molecule has 0 radical (unpaired) electrons. The molecular weight excluding hydrogens is 286 g/mol. The highest BCUT2D eigenvalue weighted by Gasteiger charge is 2.27. The van der Waals surface area contributed by atoms with Crippen molar-refractivity contribution in [2.75, 3.05) is 5.32 Å². The van der Waals surface area contributed by atoms with Crippen LogP contribution < -0.4 is 10.1 Å². The average Bonchev–Trinajstić information content (AvgIpc) is 3.04. The number of nitro benzene ring substituents is 1. The number of benzene rings is 1. The topological polar surface area (TPSA) is 108 Å². The van der Waals surface area contributed by atoms with Crippen molar-refractivity contribution < 1.29 is 14.6 Å². The van der Waals surface area contributed by atoms with Gasteiger partial charge in [0.2, 0.25) is 6.23 Å². The highest BCUT2D eigenvalue weighted by atomic mass is 32.1. The van der Waals surface area contributed by atoms with Crippen molar-refractivity contribution in [1.82, 2.24) is 0 Å². The second-order valence-electron chi connectivity index (χ2n) is 4.01. The number of nitrogens with zero attached hydrogens (tertiary/aromatic N) is 2. The number of hydrogen-bond donors (Lipinski definition) is 1. The smallest absolute Gasteiger partial charge is 0.324 e. The quantitative estimate of drug-likeness (QED) is 0.688. The zero-order valence-electron chi connectivity index (χ0n) is 9.81. The lowest BCUT2D eigenvalue weighted by Crippen LogP contribution is -2.07. The summed E-state index contributed by atoms with van der Waals surface area (Å²) in [5.41, 5.74) is 0.456. The van der Waals surface area contributed by atoms with E-state index in [0.29, 0.717) is 16.3 Å². The van der Waals surface area contributed by atoms with E-state index in [1.165, 1.54) is 24.3 Å². The predicted octanol–water partition coefficient (Wildman–Crippen LogP) is 3.07. The van der Waals surface area contributed by atoms with Crippen LogP contribution in [-0.4, -0.2) is 9.85 Å². The first-order chi connectivity index (χ1) is 9.54. The number of anilines is 1. The van der Waals surface area contributed by atoms with E-state index < -0.39 is 16.1 Å². The van der Waals surface area contributed by atoms with E-state index >= 15 is 0 Å². The molecule has 1 aliphatic rings. The molecule has 102 valence electrons. The number of non-ortho nitro benzene ring substituents is 1. The molecule has 0 unspecified atom stereocenters. The van der Waals surface area contributed by atoms with E-state index in [2.05, 4.69) is 5.32 Å². The van der Waals surface area contributed by atoms with E-state index in [9.17, 15) is 20.2 Å². The summed E-state index contributed by atoms with van der Waals surface area (Å²) in [6.45, 7) is 0. The van der Waals surface area contributed by atoms with E-state index in [0.717, 1.165) is 11.3 Å². The Morgan fingerprint density at radius 2 is 1.95 bits per heavy atom. The summed E-state index contributed by atoms with van der Waals surface area (Å²) in [6.07, 6.45) is -0.564. The standard InChI is InChI=1S/C11H7N3O5S/c15-13(16)6-1-2-8-7(5-6)12-11(19-8)9-3-4-10(20-9)14(17)18/h1-5,11-12H/t11-/m1/s1. The normalized spacial score (nSPS) is 16.1. The van der Waals surface area contributed by atoms with Crippen molar-refractivity contribution in [2.45, 2.75) is 6.23 Å². The fraction of sp³-hybridized carbons (Fsp3) is 0.0909. The second kappa shape index (κ2) is 4.46. The molecule has 0 fully saturated rings. The largest absolute Gasteiger partial charge is 0.463 e. The maximum atomic E-state index is 10.7. The number of nitro groups is 2. The molecule has 1 aromatic heterocycles. The van der Waals surface area contributed by atoms with Crippen LogP contribution in [-0.2, 0) is 0 Å². The van der Waals surface area contributed by atoms with Crippen LogP contribution in [0.5, 0.6) is 5.75 Å². The highest BCUT2D eigenvalue weighted by molar-refractivity contribution is 7.15. The highest BCUT2D eigenvalue weighted by Crippen LogP contribution is 2.42. The summed E-state index contributed by atoms with van der Waals surface area (Å²) in [5, 5.41) is 24.3. The van der Waals surface area contributed by atoms with Gasteiger partial charge in [0.25, 0.3) is 5.69 Å². The van der Waals surface area contributed by atoms with E-state index in [-0.39, 0.29) is 10.7 Å². The summed E-state index contributed by atoms with van der Waals surface area (Å²) < 4.78 is 5.57. The van der Waals surface area contributed by atoms with Crippen molar-refractivity contribution in [3.8, 4) is 5.75 Å². The van der Waals surface area contributed by atoms with Crippen LogP contribution in [0.4, 0.5) is 16.4 Å². The number of nitrogens with one attached hydrogen (secondary N) is 1. The number of fused-ring (bicyclic) bond motifs is 1. The van der Waals surface area contributed by atoms with Gasteiger partial charge in [-0.15, -0.1) is 0 Å². The molecule has 20 heavy (non-hydrogen) atoms. The SMILES string of the molecule is O=[N+]([O-])c1ccc2c(c1)N[C@@H](c1ccc([N+](=O)[O-])s1)O2. The van der Waals surface area contributed by atoms with Gasteiger partial charge in [-0.3, -0.25) is 20.2 Å². The van der Waals surface area contributed by atoms with Crippen molar-refractivity contribution >= 4 is 27.7 Å². The Bertz CT molecular complexity index is 714. The van der Waals surface area contributed by atoms with Gasteiger partial charge >= 0.3 is 5.00 Å². The number of hydrogen-bond acceptors (Lipinski definition) is 7. The number of rotatable bonds is 3. The summed E-state index contributed by atoms with van der Waals surface area (Å²) >= 11 is 0.999. The van der Waals surface area contributed by atoms with Crippen LogP contribution in [0.1, 0.15) is 11.1 Å². The molecule has 1 aliphatic heterocycles. The Hall–Kier alpha value is -2.68. The minimum absolute atomic E-state index is 0.0207. The lowest BCUT2D eigenvalue weighted by molar-refractivity contribution is -0.384. The van der Waals surface area contributed by atoms with Crippen molar-refractivity contribution in [1.29, 1.82) is 0 Å². The predicted molar refractivity (Wildman–Crippen MR) is 71.1 cm³/mol. The molecule has 9 heteroatoms. The maximum Gasteiger partial charge on any atom is 0.324 e. The van der Waals surface area contributed by atoms with Gasteiger partial charge in [-0.25, -0.2) is 0 Å². The molecule has 0 spiro atoms. The Kier molecular flexibility index (Phi) is 2.75. The van der Waals surface area contributed by atoms with Gasteiger partial charge in [-0.2, -0.15) is 0 Å². The average molecular weight is 293 g/mol. The van der Waals surface area contributed by atoms with E-state index in [1.807, 2.05) is 0 Å². The van der Waals surface area contributed by atoms with Gasteiger partial charge in [0, 0.05) is 18.2 Å². The molecule has 1 aromatic carbocycles. The van der Waals surface area contributed by atoms with Gasteiger partial charge in [0.15, 0.2) is 0 Å². The monoisotopic (exact) mass is 293 g/mol. The Labute approximate surface area is 115 Å². The zero-order valence-corrected chi connectivity index (χ0v) is 10.6. The molecule has 8 nitrogen and oxygen atoms in total. The molecule has 0 saturated carbocycles. The fourth-order valence-electron chi connectivity index (χ4n) is 1.86. The van der Waals surface area contributed by atoms with Crippen LogP contribution >= 0.6 is 11.3 Å². The first kappa shape index (κ1) is 12.4. The summed E-state index contributed by atoms with van der Waals surface area (Å²) in [4.78, 5) is 21.0. The van der Waals surface area contributed by atoms with Gasteiger partial charge in [-0.1, -0.05) is 11.3 Å².